The van der Waals surface area contributed by atoms with Crippen molar-refractivity contribution in [3.05, 3.63) is 58.3 Å². The van der Waals surface area contributed by atoms with Crippen LogP contribution in [0.2, 0.25) is 0 Å². The SMILES string of the molecule is Cc1c(-c2ccc(N)cc2)oc2cc(N)ccc2c1=O. The summed E-state index contributed by atoms with van der Waals surface area (Å²) in [5.74, 6) is 0.549. The Balaban J connectivity index is 2.33. The number of benzene rings is 2. The second kappa shape index (κ2) is 4.42. The molecule has 0 saturated heterocycles. The molecule has 0 amide bonds. The minimum absolute atomic E-state index is 0.0434. The average Bonchev–Trinajstić information content (AvgIpc) is 2.44. The normalized spacial score (nSPS) is 10.8. The molecule has 100 valence electrons. The van der Waals surface area contributed by atoms with Gasteiger partial charge in [-0.1, -0.05) is 0 Å². The van der Waals surface area contributed by atoms with Gasteiger partial charge >= 0.3 is 0 Å². The largest absolute Gasteiger partial charge is 0.455 e. The maximum absolute atomic E-state index is 12.4. The van der Waals surface area contributed by atoms with Gasteiger partial charge in [0.25, 0.3) is 0 Å². The lowest BCUT2D eigenvalue weighted by Gasteiger charge is -2.07. The van der Waals surface area contributed by atoms with Crippen molar-refractivity contribution in [2.75, 3.05) is 11.5 Å². The van der Waals surface area contributed by atoms with Gasteiger partial charge in [0.1, 0.15) is 11.3 Å². The first-order valence-electron chi connectivity index (χ1n) is 6.25. The van der Waals surface area contributed by atoms with Crippen molar-refractivity contribution in [1.82, 2.24) is 0 Å². The number of rotatable bonds is 1. The third kappa shape index (κ3) is 1.91. The van der Waals surface area contributed by atoms with Crippen LogP contribution in [0.15, 0.2) is 51.7 Å². The van der Waals surface area contributed by atoms with Crippen LogP contribution in [0.5, 0.6) is 0 Å². The van der Waals surface area contributed by atoms with Crippen molar-refractivity contribution in [3.8, 4) is 11.3 Å². The number of hydrogen-bond acceptors (Lipinski definition) is 4. The van der Waals surface area contributed by atoms with Gasteiger partial charge in [-0.15, -0.1) is 0 Å². The summed E-state index contributed by atoms with van der Waals surface area (Å²) in [6, 6.07) is 12.3. The molecule has 1 aromatic heterocycles. The molecular weight excluding hydrogens is 252 g/mol. The van der Waals surface area contributed by atoms with Gasteiger partial charge in [0, 0.05) is 28.6 Å². The predicted octanol–water partition coefficient (Wildman–Crippen LogP) is 2.93. The summed E-state index contributed by atoms with van der Waals surface area (Å²) in [4.78, 5) is 12.4. The molecule has 20 heavy (non-hydrogen) atoms. The molecule has 0 radical (unpaired) electrons. The van der Waals surface area contributed by atoms with Crippen LogP contribution in [0.25, 0.3) is 22.3 Å². The minimum Gasteiger partial charge on any atom is -0.455 e. The van der Waals surface area contributed by atoms with Crippen molar-refractivity contribution in [1.29, 1.82) is 0 Å². The van der Waals surface area contributed by atoms with Gasteiger partial charge in [0.05, 0.1) is 5.39 Å². The van der Waals surface area contributed by atoms with Crippen molar-refractivity contribution in [2.45, 2.75) is 6.92 Å². The highest BCUT2D eigenvalue weighted by Crippen LogP contribution is 2.27. The van der Waals surface area contributed by atoms with Crippen LogP contribution >= 0.6 is 0 Å². The zero-order valence-corrected chi connectivity index (χ0v) is 11.0. The molecule has 0 unspecified atom stereocenters. The molecule has 1 heterocycles. The zero-order valence-electron chi connectivity index (χ0n) is 11.0. The fourth-order valence-electron chi connectivity index (χ4n) is 2.21. The Hall–Kier alpha value is -2.75. The van der Waals surface area contributed by atoms with E-state index in [1.54, 1.807) is 37.3 Å². The Kier molecular flexibility index (Phi) is 2.71. The van der Waals surface area contributed by atoms with E-state index >= 15 is 0 Å². The van der Waals surface area contributed by atoms with Gasteiger partial charge in [0.2, 0.25) is 0 Å². The van der Waals surface area contributed by atoms with Crippen LogP contribution in [0, 0.1) is 6.92 Å². The number of fused-ring (bicyclic) bond motifs is 1. The molecule has 0 aliphatic heterocycles. The van der Waals surface area contributed by atoms with Crippen LogP contribution in [0.3, 0.4) is 0 Å². The standard InChI is InChI=1S/C16H14N2O2/c1-9-15(19)13-7-6-12(18)8-14(13)20-16(9)10-2-4-11(17)5-3-10/h2-8H,17-18H2,1H3. The quantitative estimate of drug-likeness (QED) is 0.663. The number of hydrogen-bond donors (Lipinski definition) is 2. The van der Waals surface area contributed by atoms with Gasteiger partial charge in [-0.2, -0.15) is 0 Å². The number of nitrogens with two attached hydrogens (primary N) is 2. The summed E-state index contributed by atoms with van der Waals surface area (Å²) in [6.07, 6.45) is 0. The summed E-state index contributed by atoms with van der Waals surface area (Å²) in [5, 5.41) is 0.538. The summed E-state index contributed by atoms with van der Waals surface area (Å²) >= 11 is 0. The molecule has 0 aliphatic carbocycles. The fourth-order valence-corrected chi connectivity index (χ4v) is 2.21. The molecule has 2 aromatic carbocycles. The molecule has 0 saturated carbocycles. The van der Waals surface area contributed by atoms with E-state index in [0.29, 0.717) is 33.7 Å². The van der Waals surface area contributed by atoms with Gasteiger partial charge in [0.15, 0.2) is 5.43 Å². The Bertz CT molecular complexity index is 849. The molecule has 0 bridgehead atoms. The van der Waals surface area contributed by atoms with Crippen molar-refractivity contribution in [3.63, 3.8) is 0 Å². The number of anilines is 2. The second-order valence-corrected chi connectivity index (χ2v) is 4.76. The van der Waals surface area contributed by atoms with E-state index in [-0.39, 0.29) is 5.43 Å². The summed E-state index contributed by atoms with van der Waals surface area (Å²) in [7, 11) is 0. The van der Waals surface area contributed by atoms with Crippen LogP contribution in [-0.2, 0) is 0 Å². The van der Waals surface area contributed by atoms with Crippen LogP contribution in [0.1, 0.15) is 5.56 Å². The Labute approximate surface area is 115 Å². The number of nitrogen functional groups attached to an aromatic ring is 2. The second-order valence-electron chi connectivity index (χ2n) is 4.76. The summed E-state index contributed by atoms with van der Waals surface area (Å²) in [6.45, 7) is 1.76. The van der Waals surface area contributed by atoms with E-state index in [9.17, 15) is 4.79 Å². The lowest BCUT2D eigenvalue weighted by molar-refractivity contribution is 0.614. The molecule has 3 aromatic rings. The van der Waals surface area contributed by atoms with Gasteiger partial charge in [-0.3, -0.25) is 4.79 Å². The maximum atomic E-state index is 12.4. The summed E-state index contributed by atoms with van der Waals surface area (Å²) in [5.41, 5.74) is 14.5. The first-order chi connectivity index (χ1) is 9.56. The Morgan fingerprint density at radius 3 is 2.30 bits per heavy atom. The molecule has 0 spiro atoms. The van der Waals surface area contributed by atoms with E-state index in [0.717, 1.165) is 5.56 Å². The smallest absolute Gasteiger partial charge is 0.196 e. The zero-order chi connectivity index (χ0) is 14.3. The predicted molar refractivity (Wildman–Crippen MR) is 81.5 cm³/mol. The third-order valence-corrected chi connectivity index (χ3v) is 3.32. The lowest BCUT2D eigenvalue weighted by atomic mass is 10.1. The monoisotopic (exact) mass is 266 g/mol. The van der Waals surface area contributed by atoms with Crippen LogP contribution in [-0.4, -0.2) is 0 Å². The Morgan fingerprint density at radius 2 is 1.60 bits per heavy atom. The first-order valence-corrected chi connectivity index (χ1v) is 6.25. The van der Waals surface area contributed by atoms with Crippen molar-refractivity contribution < 1.29 is 4.42 Å². The molecule has 4 heteroatoms. The highest BCUT2D eigenvalue weighted by molar-refractivity contribution is 5.83. The minimum atomic E-state index is -0.0434. The molecule has 4 nitrogen and oxygen atoms in total. The highest BCUT2D eigenvalue weighted by Gasteiger charge is 2.12. The average molecular weight is 266 g/mol. The van der Waals surface area contributed by atoms with E-state index in [4.69, 9.17) is 15.9 Å². The van der Waals surface area contributed by atoms with Gasteiger partial charge < -0.3 is 15.9 Å². The molecule has 3 rings (SSSR count). The first kappa shape index (κ1) is 12.3. The van der Waals surface area contributed by atoms with Gasteiger partial charge in [-0.25, -0.2) is 0 Å². The lowest BCUT2D eigenvalue weighted by Crippen LogP contribution is -2.07. The van der Waals surface area contributed by atoms with Crippen LogP contribution < -0.4 is 16.9 Å². The molecule has 0 aliphatic rings. The highest BCUT2D eigenvalue weighted by atomic mass is 16.3. The van der Waals surface area contributed by atoms with E-state index < -0.39 is 0 Å². The Morgan fingerprint density at radius 1 is 0.950 bits per heavy atom. The topological polar surface area (TPSA) is 82.2 Å². The van der Waals surface area contributed by atoms with Gasteiger partial charge in [-0.05, 0) is 43.3 Å². The van der Waals surface area contributed by atoms with Crippen molar-refractivity contribution in [2.24, 2.45) is 0 Å². The summed E-state index contributed by atoms with van der Waals surface area (Å²) < 4.78 is 5.86. The fraction of sp³-hybridized carbons (Fsp3) is 0.0625. The molecule has 0 atom stereocenters. The molecule has 4 N–H and O–H groups in total. The van der Waals surface area contributed by atoms with Crippen LogP contribution in [0.4, 0.5) is 11.4 Å². The molecule has 0 fully saturated rings. The maximum Gasteiger partial charge on any atom is 0.196 e. The van der Waals surface area contributed by atoms with E-state index in [2.05, 4.69) is 0 Å². The third-order valence-electron chi connectivity index (χ3n) is 3.32. The van der Waals surface area contributed by atoms with E-state index in [1.807, 2.05) is 12.1 Å². The van der Waals surface area contributed by atoms with Crippen molar-refractivity contribution >= 4 is 22.3 Å². The van der Waals surface area contributed by atoms with E-state index in [1.165, 1.54) is 0 Å². The molecular formula is C16H14N2O2.